The predicted molar refractivity (Wildman–Crippen MR) is 143 cm³/mol. The van der Waals surface area contributed by atoms with Crippen LogP contribution in [0.5, 0.6) is 17.2 Å². The molecule has 1 aliphatic rings. The molecule has 2 aromatic carbocycles. The third-order valence-electron chi connectivity index (χ3n) is 6.47. The van der Waals surface area contributed by atoms with E-state index in [-0.39, 0.29) is 23.6 Å². The molecule has 1 aliphatic heterocycles. The number of carbonyl (C=O) groups is 1. The fourth-order valence-electron chi connectivity index (χ4n) is 4.69. The average molecular weight is 508 g/mol. The van der Waals surface area contributed by atoms with E-state index in [4.69, 9.17) is 14.2 Å². The van der Waals surface area contributed by atoms with Gasteiger partial charge in [0.1, 0.15) is 5.69 Å². The molecular weight excluding hydrogens is 474 g/mol. The second-order valence-electron chi connectivity index (χ2n) is 8.79. The normalized spacial score (nSPS) is 15.2. The van der Waals surface area contributed by atoms with Gasteiger partial charge >= 0.3 is 6.03 Å². The molecule has 4 rings (SSSR count). The number of benzene rings is 2. The molecule has 10 heteroatoms. The zero-order valence-corrected chi connectivity index (χ0v) is 21.8. The Hall–Kier alpha value is -4.18. The van der Waals surface area contributed by atoms with Crippen LogP contribution >= 0.6 is 0 Å². The first-order chi connectivity index (χ1) is 17.9. The van der Waals surface area contributed by atoms with E-state index in [1.807, 2.05) is 6.07 Å². The second-order valence-corrected chi connectivity index (χ2v) is 8.79. The molecule has 0 spiro atoms. The molecule has 3 aromatic rings. The number of amides is 2. The number of methoxy groups -OCH3 is 3. The maximum absolute atomic E-state index is 14.2. The van der Waals surface area contributed by atoms with Gasteiger partial charge in [0.2, 0.25) is 5.75 Å². The summed E-state index contributed by atoms with van der Waals surface area (Å²) in [6.07, 6.45) is 1.56. The van der Waals surface area contributed by atoms with E-state index < -0.39 is 0 Å². The average Bonchev–Trinajstić information content (AvgIpc) is 2.92. The smallest absolute Gasteiger partial charge is 0.330 e. The second kappa shape index (κ2) is 11.3. The Labute approximate surface area is 216 Å². The fraction of sp³-hybridized carbons (Fsp3) is 0.333. The summed E-state index contributed by atoms with van der Waals surface area (Å²) in [5.41, 5.74) is 5.14. The van der Waals surface area contributed by atoms with E-state index in [9.17, 15) is 10.0 Å². The van der Waals surface area contributed by atoms with E-state index >= 15 is 0 Å². The Bertz CT molecular complexity index is 1250. The van der Waals surface area contributed by atoms with Crippen molar-refractivity contribution in [1.29, 1.82) is 0 Å². The molecule has 0 saturated carbocycles. The van der Waals surface area contributed by atoms with Gasteiger partial charge < -0.3 is 24.0 Å². The number of urea groups is 1. The number of rotatable bonds is 7. The van der Waals surface area contributed by atoms with E-state index in [0.29, 0.717) is 42.6 Å². The van der Waals surface area contributed by atoms with Crippen LogP contribution in [0.4, 0.5) is 27.7 Å². The lowest BCUT2D eigenvalue weighted by molar-refractivity contribution is 0.195. The van der Waals surface area contributed by atoms with Crippen LogP contribution in [0.1, 0.15) is 12.5 Å². The van der Waals surface area contributed by atoms with Crippen LogP contribution in [-0.2, 0) is 0 Å². The third-order valence-corrected chi connectivity index (χ3v) is 6.47. The fourth-order valence-corrected chi connectivity index (χ4v) is 4.69. The molecule has 1 atom stereocenters. The topological polar surface area (TPSA) is 99.6 Å². The molecule has 2 N–H and O–H groups in total. The van der Waals surface area contributed by atoms with Crippen molar-refractivity contribution >= 4 is 28.9 Å². The zero-order chi connectivity index (χ0) is 26.5. The highest BCUT2D eigenvalue weighted by molar-refractivity contribution is 6.03. The summed E-state index contributed by atoms with van der Waals surface area (Å²) in [4.78, 5) is 24.1. The number of carbonyl (C=O) groups excluding carboxylic acids is 1. The molecule has 0 radical (unpaired) electrons. The molecule has 0 aliphatic carbocycles. The number of aryl methyl sites for hydroxylation is 1. The summed E-state index contributed by atoms with van der Waals surface area (Å²) in [6.45, 7) is 5.83. The van der Waals surface area contributed by atoms with Crippen molar-refractivity contribution in [3.05, 3.63) is 60.3 Å². The van der Waals surface area contributed by atoms with E-state index in [1.54, 1.807) is 35.4 Å². The number of pyridine rings is 1. The molecule has 1 aromatic heterocycles. The Balaban J connectivity index is 1.74. The lowest BCUT2D eigenvalue weighted by Gasteiger charge is -2.42. The number of ether oxygens (including phenoxy) is 3. The maximum atomic E-state index is 14.2. The van der Waals surface area contributed by atoms with Gasteiger partial charge in [-0.3, -0.25) is 10.7 Å². The minimum Gasteiger partial charge on any atom is -0.493 e. The molecule has 196 valence electrons. The molecule has 37 heavy (non-hydrogen) atoms. The van der Waals surface area contributed by atoms with Gasteiger partial charge in [-0.15, -0.1) is 0 Å². The lowest BCUT2D eigenvalue weighted by atomic mass is 10.1. The maximum Gasteiger partial charge on any atom is 0.330 e. The van der Waals surface area contributed by atoms with Gasteiger partial charge in [0, 0.05) is 37.6 Å². The van der Waals surface area contributed by atoms with Crippen LogP contribution in [0.2, 0.25) is 0 Å². The summed E-state index contributed by atoms with van der Waals surface area (Å²) < 4.78 is 16.7. The number of piperazine rings is 1. The van der Waals surface area contributed by atoms with Crippen LogP contribution in [0.25, 0.3) is 0 Å². The van der Waals surface area contributed by atoms with E-state index in [2.05, 4.69) is 47.4 Å². The monoisotopic (exact) mass is 507 g/mol. The van der Waals surface area contributed by atoms with Crippen molar-refractivity contribution in [2.45, 2.75) is 19.9 Å². The van der Waals surface area contributed by atoms with E-state index in [0.717, 1.165) is 5.69 Å². The lowest BCUT2D eigenvalue weighted by Crippen LogP contribution is -2.56. The first-order valence-electron chi connectivity index (χ1n) is 12.0. The van der Waals surface area contributed by atoms with Crippen molar-refractivity contribution in [2.24, 2.45) is 0 Å². The molecule has 1 fully saturated rings. The Morgan fingerprint density at radius 2 is 1.84 bits per heavy atom. The highest BCUT2D eigenvalue weighted by Gasteiger charge is 2.35. The molecule has 1 unspecified atom stereocenters. The first kappa shape index (κ1) is 25.9. The first-order valence-corrected chi connectivity index (χ1v) is 12.0. The van der Waals surface area contributed by atoms with Crippen LogP contribution < -0.4 is 29.5 Å². The van der Waals surface area contributed by atoms with Crippen LogP contribution in [-0.4, -0.2) is 68.1 Å². The highest BCUT2D eigenvalue weighted by atomic mass is 16.5. The summed E-state index contributed by atoms with van der Waals surface area (Å²) in [6, 6.07) is 14.8. The molecule has 10 nitrogen and oxygen atoms in total. The third kappa shape index (κ3) is 5.05. The van der Waals surface area contributed by atoms with Crippen molar-refractivity contribution in [1.82, 2.24) is 9.88 Å². The number of anilines is 4. The minimum atomic E-state index is -0.309. The standard InChI is InChI=1S/C27H33N5O5/c1-18-8-6-9-20(16-18)31-15-14-30(17-19(31)2)27(33)32(26-21(29-34)10-7-13-28-26)22-11-12-23(35-3)25(37-5)24(22)36-4/h6-13,16,19,29,34H,14-15,17H2,1-5H3. The zero-order valence-electron chi connectivity index (χ0n) is 21.8. The molecule has 2 heterocycles. The largest absolute Gasteiger partial charge is 0.493 e. The summed E-state index contributed by atoms with van der Waals surface area (Å²) in [7, 11) is 4.53. The van der Waals surface area contributed by atoms with Gasteiger partial charge in [-0.25, -0.2) is 14.7 Å². The molecular formula is C27H33N5O5. The minimum absolute atomic E-state index is 0.0767. The van der Waals surface area contributed by atoms with Gasteiger partial charge in [0.25, 0.3) is 0 Å². The van der Waals surface area contributed by atoms with Crippen molar-refractivity contribution in [3.8, 4) is 17.2 Å². The van der Waals surface area contributed by atoms with Gasteiger partial charge in [-0.2, -0.15) is 0 Å². The Morgan fingerprint density at radius 3 is 2.49 bits per heavy atom. The quantitative estimate of drug-likeness (QED) is 0.445. The summed E-state index contributed by atoms with van der Waals surface area (Å²) in [5.74, 6) is 1.32. The van der Waals surface area contributed by atoms with Gasteiger partial charge in [0.05, 0.1) is 27.0 Å². The number of aromatic nitrogens is 1. The number of nitrogens with one attached hydrogen (secondary N) is 1. The molecule has 2 amide bonds. The summed E-state index contributed by atoms with van der Waals surface area (Å²) in [5, 5.41) is 9.82. The van der Waals surface area contributed by atoms with Crippen LogP contribution in [0, 0.1) is 6.92 Å². The molecule has 0 bridgehead atoms. The van der Waals surface area contributed by atoms with Crippen molar-refractivity contribution in [2.75, 3.05) is 56.2 Å². The van der Waals surface area contributed by atoms with E-state index in [1.165, 1.54) is 31.8 Å². The van der Waals surface area contributed by atoms with Crippen molar-refractivity contribution in [3.63, 3.8) is 0 Å². The van der Waals surface area contributed by atoms with Crippen LogP contribution in [0.15, 0.2) is 54.7 Å². The summed E-state index contributed by atoms with van der Waals surface area (Å²) >= 11 is 0. The number of nitrogens with zero attached hydrogens (tertiary/aromatic N) is 4. The number of hydrogen-bond donors (Lipinski definition) is 2. The van der Waals surface area contributed by atoms with Crippen LogP contribution in [0.3, 0.4) is 0 Å². The van der Waals surface area contributed by atoms with Crippen molar-refractivity contribution < 1.29 is 24.2 Å². The van der Waals surface area contributed by atoms with Gasteiger partial charge in [0.15, 0.2) is 17.3 Å². The highest BCUT2D eigenvalue weighted by Crippen LogP contribution is 2.47. The number of hydrogen-bond acceptors (Lipinski definition) is 8. The SMILES string of the molecule is COc1ccc(N(C(=O)N2CCN(c3cccc(C)c3)C(C)C2)c2ncccc2NO)c(OC)c1OC. The predicted octanol–water partition coefficient (Wildman–Crippen LogP) is 4.69. The van der Waals surface area contributed by atoms with Gasteiger partial charge in [-0.05, 0) is 55.8 Å². The Morgan fingerprint density at radius 1 is 1.05 bits per heavy atom. The molecule has 1 saturated heterocycles. The van der Waals surface area contributed by atoms with Gasteiger partial charge in [-0.1, -0.05) is 12.1 Å². The Kier molecular flexibility index (Phi) is 7.88.